The van der Waals surface area contributed by atoms with Crippen LogP contribution in [0.25, 0.3) is 0 Å². The highest BCUT2D eigenvalue weighted by Crippen LogP contribution is 2.18. The van der Waals surface area contributed by atoms with Crippen molar-refractivity contribution in [1.29, 1.82) is 0 Å². The van der Waals surface area contributed by atoms with Gasteiger partial charge in [0.05, 0.1) is 40.3 Å². The third-order valence-corrected chi connectivity index (χ3v) is 13.8. The van der Waals surface area contributed by atoms with Gasteiger partial charge in [-0.05, 0) is 38.5 Å². The third-order valence-electron chi connectivity index (χ3n) is 13.8. The molecule has 0 aromatic carbocycles. The zero-order valence-electron chi connectivity index (χ0n) is 47.2. The first-order chi connectivity index (χ1) is 34.1. The molecule has 0 spiro atoms. The summed E-state index contributed by atoms with van der Waals surface area (Å²) in [6, 6.07) is 0. The number of nitrogens with zero attached hydrogens (tertiary/aromatic N) is 1. The van der Waals surface area contributed by atoms with Crippen molar-refractivity contribution in [2.75, 3.05) is 47.5 Å². The van der Waals surface area contributed by atoms with Crippen LogP contribution in [0.5, 0.6) is 0 Å². The second-order valence-electron chi connectivity index (χ2n) is 22.0. The Hall–Kier alpha value is -1.97. The molecule has 0 fully saturated rings. The summed E-state index contributed by atoms with van der Waals surface area (Å²) < 4.78 is 22.7. The largest absolute Gasteiger partial charge is 0.545 e. The molecule has 2 atom stereocenters. The molecule has 414 valence electrons. The molecule has 0 bridgehead atoms. The minimum atomic E-state index is -1.62. The van der Waals surface area contributed by atoms with Crippen molar-refractivity contribution in [3.8, 4) is 0 Å². The zero-order chi connectivity index (χ0) is 51.3. The summed E-state index contributed by atoms with van der Waals surface area (Å²) in [6.45, 7) is 4.77. The van der Waals surface area contributed by atoms with Crippen LogP contribution >= 0.6 is 0 Å². The maximum absolute atomic E-state index is 12.8. The second kappa shape index (κ2) is 53.3. The quantitative estimate of drug-likeness (QED) is 0.0195. The van der Waals surface area contributed by atoms with Crippen molar-refractivity contribution in [3.05, 3.63) is 12.2 Å². The smallest absolute Gasteiger partial charge is 0.306 e. The Morgan fingerprint density at radius 3 is 1.07 bits per heavy atom. The first-order valence-electron chi connectivity index (χ1n) is 30.3. The van der Waals surface area contributed by atoms with Gasteiger partial charge in [0.15, 0.2) is 12.4 Å². The lowest BCUT2D eigenvalue weighted by Crippen LogP contribution is -2.44. The molecule has 0 saturated carbocycles. The molecule has 0 aliphatic heterocycles. The van der Waals surface area contributed by atoms with E-state index in [1.165, 1.54) is 218 Å². The van der Waals surface area contributed by atoms with Gasteiger partial charge in [0, 0.05) is 12.8 Å². The molecule has 9 heteroatoms. The monoisotopic (exact) mass is 992 g/mol. The van der Waals surface area contributed by atoms with E-state index < -0.39 is 24.3 Å². The van der Waals surface area contributed by atoms with Crippen molar-refractivity contribution in [2.24, 2.45) is 0 Å². The number of ether oxygens (including phenoxy) is 4. The predicted molar refractivity (Wildman–Crippen MR) is 293 cm³/mol. The lowest BCUT2D eigenvalue weighted by atomic mass is 10.0. The molecular formula is C61H117NO8. The van der Waals surface area contributed by atoms with E-state index in [0.717, 1.165) is 51.4 Å². The number of hydrogen-bond donors (Lipinski definition) is 0. The Bertz CT molecular complexity index is 1150. The van der Waals surface area contributed by atoms with Gasteiger partial charge in [-0.15, -0.1) is 0 Å². The number of unbranched alkanes of at least 4 members (excludes halogenated alkanes) is 40. The summed E-state index contributed by atoms with van der Waals surface area (Å²) in [4.78, 5) is 37.2. The fourth-order valence-electron chi connectivity index (χ4n) is 9.06. The summed E-state index contributed by atoms with van der Waals surface area (Å²) >= 11 is 0. The topological polar surface area (TPSA) is 111 Å². The van der Waals surface area contributed by atoms with Crippen molar-refractivity contribution >= 4 is 17.9 Å². The van der Waals surface area contributed by atoms with E-state index in [1.54, 1.807) is 0 Å². The Morgan fingerprint density at radius 2 is 0.729 bits per heavy atom. The molecule has 0 aliphatic rings. The molecule has 0 heterocycles. The molecule has 0 rings (SSSR count). The fraction of sp³-hybridized carbons (Fsp3) is 0.918. The SMILES string of the molecule is CCCCCC/C=C\CCCCCCCC(=O)OC(COC(=O)CCCCCCCCCCCCCCCCCCCCCCCCCCCCCCCCCC)COC(OCC[N+](C)(C)C)C(=O)[O-]. The maximum atomic E-state index is 12.8. The Balaban J connectivity index is 3.99. The number of likely N-dealkylation sites (N-methyl/N-ethyl adjacent to an activating group) is 1. The summed E-state index contributed by atoms with van der Waals surface area (Å²) in [5, 5.41) is 11.7. The average molecular weight is 993 g/mol. The van der Waals surface area contributed by atoms with Crippen LogP contribution in [-0.4, -0.2) is 82.3 Å². The van der Waals surface area contributed by atoms with Gasteiger partial charge in [-0.1, -0.05) is 264 Å². The van der Waals surface area contributed by atoms with E-state index in [0.29, 0.717) is 23.9 Å². The predicted octanol–water partition coefficient (Wildman–Crippen LogP) is 16.4. The lowest BCUT2D eigenvalue weighted by molar-refractivity contribution is -0.870. The van der Waals surface area contributed by atoms with E-state index in [-0.39, 0.29) is 32.2 Å². The van der Waals surface area contributed by atoms with Gasteiger partial charge in [-0.3, -0.25) is 9.59 Å². The Kier molecular flexibility index (Phi) is 51.8. The van der Waals surface area contributed by atoms with Crippen molar-refractivity contribution in [1.82, 2.24) is 0 Å². The number of carboxylic acids is 1. The number of aliphatic carboxylic acids is 1. The van der Waals surface area contributed by atoms with Gasteiger partial charge in [0.2, 0.25) is 0 Å². The van der Waals surface area contributed by atoms with Gasteiger partial charge < -0.3 is 33.3 Å². The van der Waals surface area contributed by atoms with Crippen LogP contribution in [0.15, 0.2) is 12.2 Å². The standard InChI is InChI=1S/C61H117NO8/c1-6-8-10-12-14-16-18-20-21-22-23-24-25-26-27-28-29-30-31-32-33-34-35-36-37-38-40-41-43-45-47-49-51-58(63)68-55-57(56-69-61(60(65)66)67-54-53-62(3,4)5)70-59(64)52-50-48-46-44-42-39-19-17-15-13-11-9-7-2/h17,19,57,61H,6-16,18,20-56H2,1-5H3/b19-17-. The van der Waals surface area contributed by atoms with E-state index in [4.69, 9.17) is 18.9 Å². The van der Waals surface area contributed by atoms with Crippen molar-refractivity contribution in [3.63, 3.8) is 0 Å². The number of rotatable bonds is 57. The van der Waals surface area contributed by atoms with Gasteiger partial charge >= 0.3 is 11.9 Å². The van der Waals surface area contributed by atoms with Crippen LogP contribution in [0.4, 0.5) is 0 Å². The Labute approximate surface area is 434 Å². The molecule has 9 nitrogen and oxygen atoms in total. The molecule has 0 aromatic heterocycles. The van der Waals surface area contributed by atoms with E-state index in [2.05, 4.69) is 26.0 Å². The van der Waals surface area contributed by atoms with Gasteiger partial charge in [0.1, 0.15) is 13.2 Å². The van der Waals surface area contributed by atoms with Crippen LogP contribution < -0.4 is 5.11 Å². The van der Waals surface area contributed by atoms with Gasteiger partial charge in [-0.25, -0.2) is 0 Å². The van der Waals surface area contributed by atoms with Crippen molar-refractivity contribution in [2.45, 2.75) is 315 Å². The highest BCUT2D eigenvalue weighted by atomic mass is 16.7. The van der Waals surface area contributed by atoms with Crippen LogP contribution in [-0.2, 0) is 33.3 Å². The molecule has 0 aromatic rings. The third kappa shape index (κ3) is 53.8. The second-order valence-corrected chi connectivity index (χ2v) is 22.0. The molecule has 0 radical (unpaired) electrons. The number of quaternary nitrogens is 1. The number of carbonyl (C=O) groups is 3. The molecule has 0 amide bonds. The molecule has 0 saturated heterocycles. The number of esters is 2. The lowest BCUT2D eigenvalue weighted by Gasteiger charge is -2.26. The first-order valence-corrected chi connectivity index (χ1v) is 30.3. The van der Waals surface area contributed by atoms with Gasteiger partial charge in [0.25, 0.3) is 0 Å². The Morgan fingerprint density at radius 1 is 0.414 bits per heavy atom. The van der Waals surface area contributed by atoms with E-state index in [9.17, 15) is 19.5 Å². The maximum Gasteiger partial charge on any atom is 0.306 e. The number of carboxylic acid groups (broad SMARTS) is 1. The minimum Gasteiger partial charge on any atom is -0.545 e. The normalized spacial score (nSPS) is 12.8. The highest BCUT2D eigenvalue weighted by molar-refractivity contribution is 5.70. The van der Waals surface area contributed by atoms with Crippen molar-refractivity contribution < 1.29 is 42.9 Å². The summed E-state index contributed by atoms with van der Waals surface area (Å²) in [5.74, 6) is -2.27. The molecule has 0 N–H and O–H groups in total. The van der Waals surface area contributed by atoms with Gasteiger partial charge in [-0.2, -0.15) is 0 Å². The highest BCUT2D eigenvalue weighted by Gasteiger charge is 2.22. The zero-order valence-corrected chi connectivity index (χ0v) is 47.2. The number of carbonyl (C=O) groups excluding carboxylic acids is 3. The van der Waals surface area contributed by atoms with Crippen LogP contribution in [0, 0.1) is 0 Å². The average Bonchev–Trinajstić information content (AvgIpc) is 3.33. The molecule has 2 unspecified atom stereocenters. The summed E-state index contributed by atoms with van der Waals surface area (Å²) in [7, 11) is 5.92. The molecule has 0 aliphatic carbocycles. The van der Waals surface area contributed by atoms with Crippen LogP contribution in [0.2, 0.25) is 0 Å². The fourth-order valence-corrected chi connectivity index (χ4v) is 9.06. The molecular weight excluding hydrogens is 875 g/mol. The first kappa shape index (κ1) is 68.0. The minimum absolute atomic E-state index is 0.149. The number of allylic oxidation sites excluding steroid dienone is 2. The molecule has 70 heavy (non-hydrogen) atoms. The number of hydrogen-bond acceptors (Lipinski definition) is 8. The van der Waals surface area contributed by atoms with E-state index >= 15 is 0 Å². The summed E-state index contributed by atoms with van der Waals surface area (Å²) in [6.07, 6.45) is 58.6. The van der Waals surface area contributed by atoms with E-state index in [1.807, 2.05) is 21.1 Å². The summed E-state index contributed by atoms with van der Waals surface area (Å²) in [5.41, 5.74) is 0. The van der Waals surface area contributed by atoms with Crippen LogP contribution in [0.1, 0.15) is 303 Å². The van der Waals surface area contributed by atoms with Crippen LogP contribution in [0.3, 0.4) is 0 Å².